The summed E-state index contributed by atoms with van der Waals surface area (Å²) in [4.78, 5) is 0. The molecule has 21 heavy (non-hydrogen) atoms. The van der Waals surface area contributed by atoms with Crippen molar-refractivity contribution >= 4 is 11.6 Å². The third-order valence-electron chi connectivity index (χ3n) is 6.28. The van der Waals surface area contributed by atoms with E-state index in [4.69, 9.17) is 22.1 Å². The summed E-state index contributed by atoms with van der Waals surface area (Å²) in [5.74, 6) is 5.07. The lowest BCUT2D eigenvalue weighted by Gasteiger charge is -2.56. The summed E-state index contributed by atoms with van der Waals surface area (Å²) in [5, 5.41) is 0.760. The van der Waals surface area contributed by atoms with Crippen molar-refractivity contribution in [2.24, 2.45) is 35.3 Å². The monoisotopic (exact) mass is 305 g/mol. The molecule has 5 rings (SSSR count). The number of hydrogen-bond donors (Lipinski definition) is 1. The summed E-state index contributed by atoms with van der Waals surface area (Å²) in [6.45, 7) is 0. The van der Waals surface area contributed by atoms with Gasteiger partial charge >= 0.3 is 0 Å². The van der Waals surface area contributed by atoms with Gasteiger partial charge in [-0.15, -0.1) is 0 Å². The summed E-state index contributed by atoms with van der Waals surface area (Å²) < 4.78 is 5.24. The molecule has 0 radical (unpaired) electrons. The molecule has 4 fully saturated rings. The smallest absolute Gasteiger partial charge is 0.120 e. The molecule has 1 unspecified atom stereocenters. The first-order valence-corrected chi connectivity index (χ1v) is 8.62. The molecule has 0 heterocycles. The van der Waals surface area contributed by atoms with E-state index in [-0.39, 0.29) is 6.04 Å². The van der Waals surface area contributed by atoms with E-state index in [0.29, 0.717) is 5.92 Å². The van der Waals surface area contributed by atoms with Crippen molar-refractivity contribution < 1.29 is 4.74 Å². The average Bonchev–Trinajstić information content (AvgIpc) is 2.45. The van der Waals surface area contributed by atoms with Gasteiger partial charge in [-0.25, -0.2) is 0 Å². The summed E-state index contributed by atoms with van der Waals surface area (Å²) in [6.07, 6.45) is 7.09. The first-order chi connectivity index (χ1) is 10.2. The highest BCUT2D eigenvalue weighted by molar-refractivity contribution is 6.31. The lowest BCUT2D eigenvalue weighted by atomic mass is 9.50. The van der Waals surface area contributed by atoms with Crippen LogP contribution in [0.2, 0.25) is 5.02 Å². The molecule has 0 saturated heterocycles. The molecule has 0 aliphatic heterocycles. The van der Waals surface area contributed by atoms with Crippen LogP contribution in [-0.4, -0.2) is 7.11 Å². The van der Waals surface area contributed by atoms with Crippen LogP contribution >= 0.6 is 11.6 Å². The van der Waals surface area contributed by atoms with Crippen molar-refractivity contribution in [1.82, 2.24) is 0 Å². The molecule has 2 N–H and O–H groups in total. The summed E-state index contributed by atoms with van der Waals surface area (Å²) >= 11 is 6.46. The second kappa shape index (κ2) is 5.17. The summed E-state index contributed by atoms with van der Waals surface area (Å²) in [5.41, 5.74) is 7.79. The van der Waals surface area contributed by atoms with Gasteiger partial charge < -0.3 is 10.5 Å². The second-order valence-electron chi connectivity index (χ2n) is 7.42. The van der Waals surface area contributed by atoms with Crippen LogP contribution in [0.25, 0.3) is 0 Å². The highest BCUT2D eigenvalue weighted by Crippen LogP contribution is 2.59. The quantitative estimate of drug-likeness (QED) is 0.897. The molecule has 1 atom stereocenters. The maximum Gasteiger partial charge on any atom is 0.120 e. The first kappa shape index (κ1) is 13.9. The zero-order valence-electron chi connectivity index (χ0n) is 12.6. The molecule has 4 bridgehead atoms. The Balaban J connectivity index is 1.61. The van der Waals surface area contributed by atoms with E-state index in [9.17, 15) is 0 Å². The van der Waals surface area contributed by atoms with Crippen LogP contribution in [0.4, 0.5) is 0 Å². The molecule has 0 spiro atoms. The molecule has 4 aliphatic rings. The maximum absolute atomic E-state index is 6.69. The molecule has 114 valence electrons. The predicted molar refractivity (Wildman–Crippen MR) is 85.5 cm³/mol. The number of ether oxygens (including phenoxy) is 1. The molecule has 0 aromatic heterocycles. The van der Waals surface area contributed by atoms with Crippen LogP contribution in [-0.2, 0) is 0 Å². The van der Waals surface area contributed by atoms with E-state index in [1.807, 2.05) is 12.1 Å². The van der Waals surface area contributed by atoms with Crippen molar-refractivity contribution in [2.45, 2.75) is 38.1 Å². The van der Waals surface area contributed by atoms with Gasteiger partial charge in [0.25, 0.3) is 0 Å². The Morgan fingerprint density at radius 3 is 2.24 bits per heavy atom. The SMILES string of the molecule is COc1ccc(C(N)C2C3CC4CC(C3)CC2C4)c(Cl)c1. The van der Waals surface area contributed by atoms with Gasteiger partial charge in [0.15, 0.2) is 0 Å². The number of halogens is 1. The van der Waals surface area contributed by atoms with Gasteiger partial charge in [0.2, 0.25) is 0 Å². The zero-order valence-corrected chi connectivity index (χ0v) is 13.4. The summed E-state index contributed by atoms with van der Waals surface area (Å²) in [7, 11) is 1.67. The average molecular weight is 306 g/mol. The Labute approximate surface area is 132 Å². The number of nitrogens with two attached hydrogens (primary N) is 1. The Bertz CT molecular complexity index is 516. The lowest BCUT2D eigenvalue weighted by Crippen LogP contribution is -2.48. The number of hydrogen-bond acceptors (Lipinski definition) is 2. The van der Waals surface area contributed by atoms with Crippen LogP contribution in [0.15, 0.2) is 18.2 Å². The Morgan fingerprint density at radius 1 is 1.10 bits per heavy atom. The van der Waals surface area contributed by atoms with Gasteiger partial charge in [-0.1, -0.05) is 17.7 Å². The molecular weight excluding hydrogens is 282 g/mol. The van der Waals surface area contributed by atoms with Crippen LogP contribution in [0, 0.1) is 29.6 Å². The van der Waals surface area contributed by atoms with Crippen molar-refractivity contribution in [1.29, 1.82) is 0 Å². The van der Waals surface area contributed by atoms with Crippen molar-refractivity contribution in [2.75, 3.05) is 7.11 Å². The highest BCUT2D eigenvalue weighted by atomic mass is 35.5. The number of rotatable bonds is 3. The highest BCUT2D eigenvalue weighted by Gasteiger charge is 2.50. The fourth-order valence-corrected chi connectivity index (χ4v) is 5.96. The Morgan fingerprint density at radius 2 is 1.71 bits per heavy atom. The summed E-state index contributed by atoms with van der Waals surface area (Å²) in [6, 6.07) is 6.03. The van der Waals surface area contributed by atoms with Crippen molar-refractivity contribution in [3.05, 3.63) is 28.8 Å². The molecule has 3 heteroatoms. The fraction of sp³-hybridized carbons (Fsp3) is 0.667. The van der Waals surface area contributed by atoms with E-state index in [1.54, 1.807) is 7.11 Å². The van der Waals surface area contributed by atoms with Crippen LogP contribution in [0.5, 0.6) is 5.75 Å². The maximum atomic E-state index is 6.69. The topological polar surface area (TPSA) is 35.2 Å². The molecular formula is C18H24ClNO. The normalized spacial score (nSPS) is 38.5. The Kier molecular flexibility index (Phi) is 3.42. The lowest BCUT2D eigenvalue weighted by molar-refractivity contribution is -0.0471. The van der Waals surface area contributed by atoms with Crippen molar-refractivity contribution in [3.8, 4) is 5.75 Å². The standard InChI is InChI=1S/C18H24ClNO/c1-21-14-2-3-15(16(19)9-14)18(20)17-12-5-10-4-11(7-12)8-13(17)6-10/h2-3,9-13,17-18H,4-8,20H2,1H3. The Hall–Kier alpha value is -0.730. The van der Waals surface area contributed by atoms with Gasteiger partial charge in [0, 0.05) is 11.1 Å². The van der Waals surface area contributed by atoms with Crippen LogP contribution in [0.3, 0.4) is 0 Å². The minimum absolute atomic E-state index is 0.0819. The molecule has 4 aliphatic carbocycles. The van der Waals surface area contributed by atoms with E-state index in [0.717, 1.165) is 40.0 Å². The molecule has 1 aromatic rings. The predicted octanol–water partition coefficient (Wildman–Crippen LogP) is 4.42. The molecule has 1 aromatic carbocycles. The van der Waals surface area contributed by atoms with Gasteiger partial charge in [-0.05, 0) is 79.4 Å². The first-order valence-electron chi connectivity index (χ1n) is 8.24. The minimum atomic E-state index is 0.0819. The number of benzene rings is 1. The third-order valence-corrected chi connectivity index (χ3v) is 6.61. The molecule has 0 amide bonds. The minimum Gasteiger partial charge on any atom is -0.497 e. The van der Waals surface area contributed by atoms with Gasteiger partial charge in [0.1, 0.15) is 5.75 Å². The van der Waals surface area contributed by atoms with Gasteiger partial charge in [-0.3, -0.25) is 0 Å². The van der Waals surface area contributed by atoms with E-state index in [2.05, 4.69) is 6.07 Å². The van der Waals surface area contributed by atoms with Gasteiger partial charge in [-0.2, -0.15) is 0 Å². The van der Waals surface area contributed by atoms with E-state index < -0.39 is 0 Å². The third kappa shape index (κ3) is 2.27. The van der Waals surface area contributed by atoms with Crippen LogP contribution in [0.1, 0.15) is 43.7 Å². The molecule has 2 nitrogen and oxygen atoms in total. The second-order valence-corrected chi connectivity index (χ2v) is 7.83. The van der Waals surface area contributed by atoms with E-state index >= 15 is 0 Å². The zero-order chi connectivity index (χ0) is 14.6. The van der Waals surface area contributed by atoms with Crippen molar-refractivity contribution in [3.63, 3.8) is 0 Å². The van der Waals surface area contributed by atoms with Gasteiger partial charge in [0.05, 0.1) is 7.11 Å². The van der Waals surface area contributed by atoms with E-state index in [1.165, 1.54) is 32.1 Å². The molecule has 4 saturated carbocycles. The largest absolute Gasteiger partial charge is 0.497 e. The number of methoxy groups -OCH3 is 1. The fourth-order valence-electron chi connectivity index (χ4n) is 5.67. The van der Waals surface area contributed by atoms with Crippen LogP contribution < -0.4 is 10.5 Å².